The lowest BCUT2D eigenvalue weighted by Crippen LogP contribution is -2.23. The lowest BCUT2D eigenvalue weighted by atomic mass is 10.1. The summed E-state index contributed by atoms with van der Waals surface area (Å²) in [7, 11) is -0.732. The van der Waals surface area contributed by atoms with Crippen LogP contribution in [0.25, 0.3) is 11.3 Å². The van der Waals surface area contributed by atoms with Crippen molar-refractivity contribution in [1.29, 1.82) is 0 Å². The second kappa shape index (κ2) is 10.3. The van der Waals surface area contributed by atoms with Crippen LogP contribution in [0.2, 0.25) is 0 Å². The van der Waals surface area contributed by atoms with E-state index in [0.29, 0.717) is 40.0 Å². The summed E-state index contributed by atoms with van der Waals surface area (Å²) in [6.45, 7) is -2.46. The number of nitrogens with zero attached hydrogens (tertiary/aromatic N) is 4. The molecule has 0 bridgehead atoms. The van der Waals surface area contributed by atoms with E-state index in [4.69, 9.17) is 8.85 Å². The smallest absolute Gasteiger partial charge is 0.228 e. The molecule has 2 aliphatic rings. The molecule has 192 valence electrons. The Bertz CT molecular complexity index is 1570. The first-order valence-electron chi connectivity index (χ1n) is 13.4. The normalized spacial score (nSPS) is 17.4. The maximum absolute atomic E-state index is 12.9. The number of pyridine rings is 1. The Balaban J connectivity index is 1.48. The van der Waals surface area contributed by atoms with E-state index in [-0.39, 0.29) is 28.9 Å². The van der Waals surface area contributed by atoms with Gasteiger partial charge < -0.3 is 15.4 Å². The number of rotatable bonds is 9. The van der Waals surface area contributed by atoms with Gasteiger partial charge in [0, 0.05) is 45.8 Å². The van der Waals surface area contributed by atoms with Crippen LogP contribution in [-0.2, 0) is 14.5 Å². The van der Waals surface area contributed by atoms with Crippen molar-refractivity contribution in [2.75, 3.05) is 29.2 Å². The number of benzene rings is 1. The number of carbonyl (C=O) groups is 2. The molecule has 3 heterocycles. The average Bonchev–Trinajstić information content (AvgIpc) is 3.73. The fourth-order valence-electron chi connectivity index (χ4n) is 3.88. The molecule has 3 aromatic rings. The second-order valence-corrected chi connectivity index (χ2v) is 11.4. The maximum Gasteiger partial charge on any atom is 0.228 e. The molecule has 1 amide bonds. The van der Waals surface area contributed by atoms with Crippen molar-refractivity contribution in [2.45, 2.75) is 32.5 Å². The fourth-order valence-corrected chi connectivity index (χ4v) is 5.28. The molecule has 0 atom stereocenters. The SMILES string of the molecule is [2H]C([2H])([2H])CC(=O)c1cnc(NC(=O)C2CC2)cc1Nc1cccc(-c2cnc(N=S3(=O)CCC3)cn2)c1OC. The minimum absolute atomic E-state index is 0.0542. The summed E-state index contributed by atoms with van der Waals surface area (Å²) in [5, 5.41) is 5.91. The Hall–Kier alpha value is -3.86. The molecule has 5 rings (SSSR count). The van der Waals surface area contributed by atoms with Crippen LogP contribution < -0.4 is 15.4 Å². The Kier molecular flexibility index (Phi) is 5.89. The van der Waals surface area contributed by atoms with E-state index < -0.39 is 28.8 Å². The average molecular weight is 524 g/mol. The Labute approximate surface area is 219 Å². The number of nitrogens with one attached hydrogen (secondary N) is 2. The first kappa shape index (κ1) is 21.2. The van der Waals surface area contributed by atoms with Crippen LogP contribution in [-0.4, -0.2) is 49.5 Å². The Morgan fingerprint density at radius 3 is 2.65 bits per heavy atom. The highest BCUT2D eigenvalue weighted by Gasteiger charge is 2.30. The van der Waals surface area contributed by atoms with E-state index in [1.807, 2.05) is 0 Å². The predicted molar refractivity (Wildman–Crippen MR) is 142 cm³/mol. The molecule has 2 aromatic heterocycles. The van der Waals surface area contributed by atoms with Crippen LogP contribution in [0, 0.1) is 5.92 Å². The molecule has 2 N–H and O–H groups in total. The van der Waals surface area contributed by atoms with Gasteiger partial charge in [0.15, 0.2) is 17.4 Å². The molecule has 0 unspecified atom stereocenters. The van der Waals surface area contributed by atoms with Crippen LogP contribution >= 0.6 is 0 Å². The van der Waals surface area contributed by atoms with E-state index in [9.17, 15) is 13.8 Å². The summed E-state index contributed by atoms with van der Waals surface area (Å²) >= 11 is 0. The third kappa shape index (κ3) is 5.46. The fraction of sp³-hybridized carbons (Fsp3) is 0.346. The maximum atomic E-state index is 12.9. The standard InChI is InChI=1S/C26H28N6O4S/c1-3-22(33)18-13-28-23(31-26(34)16-8-9-16)12-20(18)30-19-7-4-6-17(25(19)36-2)21-14-29-24(15-27-21)32-37(35)10-5-11-37/h4,6-7,12-16H,3,5,8-11H2,1-2H3,(H2,28,30,31,34)/i1D3. The number of methoxy groups -OCH3 is 1. The van der Waals surface area contributed by atoms with Gasteiger partial charge in [-0.2, -0.15) is 4.36 Å². The van der Waals surface area contributed by atoms with E-state index in [1.165, 1.54) is 31.8 Å². The molecule has 11 heteroatoms. The summed E-state index contributed by atoms with van der Waals surface area (Å²) in [5.74, 6) is 1.22. The van der Waals surface area contributed by atoms with Crippen molar-refractivity contribution in [3.05, 3.63) is 48.4 Å². The third-order valence-corrected chi connectivity index (χ3v) is 8.53. The molecule has 0 radical (unpaired) electrons. The van der Waals surface area contributed by atoms with Crippen molar-refractivity contribution in [3.8, 4) is 17.0 Å². The predicted octanol–water partition coefficient (Wildman–Crippen LogP) is 4.74. The van der Waals surface area contributed by atoms with Gasteiger partial charge in [-0.05, 0) is 31.4 Å². The highest BCUT2D eigenvalue weighted by Crippen LogP contribution is 2.38. The lowest BCUT2D eigenvalue weighted by Gasteiger charge is -2.18. The van der Waals surface area contributed by atoms with Crippen LogP contribution in [0.1, 0.15) is 47.0 Å². The van der Waals surface area contributed by atoms with Crippen LogP contribution in [0.15, 0.2) is 47.2 Å². The number of amides is 1. The minimum atomic E-state index is -2.46. The number of Topliss-reactive ketones (excluding diaryl/α,β-unsaturated/α-hetero) is 1. The third-order valence-electron chi connectivity index (χ3n) is 6.15. The van der Waals surface area contributed by atoms with Crippen molar-refractivity contribution in [2.24, 2.45) is 10.3 Å². The van der Waals surface area contributed by atoms with Crippen LogP contribution in [0.5, 0.6) is 5.75 Å². The first-order valence-corrected chi connectivity index (χ1v) is 13.7. The Morgan fingerprint density at radius 1 is 1.16 bits per heavy atom. The molecule has 1 saturated carbocycles. The number of para-hydroxylation sites is 1. The van der Waals surface area contributed by atoms with Crippen molar-refractivity contribution >= 4 is 44.4 Å². The summed E-state index contributed by atoms with van der Waals surface area (Å²) in [6, 6.07) is 6.76. The van der Waals surface area contributed by atoms with Gasteiger partial charge in [0.05, 0.1) is 51.9 Å². The molecule has 2 fully saturated rings. The number of hydrogen-bond acceptors (Lipinski definition) is 9. The van der Waals surface area contributed by atoms with E-state index >= 15 is 0 Å². The van der Waals surface area contributed by atoms with E-state index in [0.717, 1.165) is 19.3 Å². The molecular formula is C26H28N6O4S. The summed E-state index contributed by atoms with van der Waals surface area (Å²) in [5.41, 5.74) is 1.85. The molecule has 1 aromatic carbocycles. The molecule has 1 aliphatic heterocycles. The number of anilines is 3. The van der Waals surface area contributed by atoms with Crippen LogP contribution in [0.3, 0.4) is 0 Å². The van der Waals surface area contributed by atoms with Crippen molar-refractivity contribution in [3.63, 3.8) is 0 Å². The number of ketones is 1. The van der Waals surface area contributed by atoms with Gasteiger partial charge in [0.1, 0.15) is 5.82 Å². The second-order valence-electron chi connectivity index (χ2n) is 8.88. The Morgan fingerprint density at radius 2 is 2.00 bits per heavy atom. The number of hydrogen-bond donors (Lipinski definition) is 2. The van der Waals surface area contributed by atoms with Gasteiger partial charge in [-0.1, -0.05) is 12.9 Å². The van der Waals surface area contributed by atoms with Crippen molar-refractivity contribution in [1.82, 2.24) is 15.0 Å². The first-order chi connectivity index (χ1) is 19.0. The van der Waals surface area contributed by atoms with Gasteiger partial charge in [-0.25, -0.2) is 14.2 Å². The van der Waals surface area contributed by atoms with E-state index in [2.05, 4.69) is 29.9 Å². The number of carbonyl (C=O) groups excluding carboxylic acids is 2. The summed E-state index contributed by atoms with van der Waals surface area (Å²) in [6.07, 6.45) is 6.08. The minimum Gasteiger partial charge on any atom is -0.494 e. The molecule has 1 saturated heterocycles. The van der Waals surface area contributed by atoms with Gasteiger partial charge in [-0.3, -0.25) is 14.6 Å². The lowest BCUT2D eigenvalue weighted by molar-refractivity contribution is -0.117. The molecular weight excluding hydrogens is 492 g/mol. The summed E-state index contributed by atoms with van der Waals surface area (Å²) in [4.78, 5) is 38.2. The topological polar surface area (TPSA) is 136 Å². The molecule has 37 heavy (non-hydrogen) atoms. The van der Waals surface area contributed by atoms with Gasteiger partial charge in [0.25, 0.3) is 0 Å². The zero-order valence-electron chi connectivity index (χ0n) is 23.2. The number of aromatic nitrogens is 3. The molecule has 0 spiro atoms. The highest BCUT2D eigenvalue weighted by molar-refractivity contribution is 7.95. The van der Waals surface area contributed by atoms with Gasteiger partial charge >= 0.3 is 0 Å². The molecule has 10 nitrogen and oxygen atoms in total. The summed E-state index contributed by atoms with van der Waals surface area (Å²) < 4.78 is 44.9. The zero-order chi connectivity index (χ0) is 28.5. The van der Waals surface area contributed by atoms with E-state index in [1.54, 1.807) is 18.2 Å². The van der Waals surface area contributed by atoms with Gasteiger partial charge in [-0.15, -0.1) is 0 Å². The largest absolute Gasteiger partial charge is 0.494 e. The quantitative estimate of drug-likeness (QED) is 0.384. The van der Waals surface area contributed by atoms with Gasteiger partial charge in [0.2, 0.25) is 5.91 Å². The number of ether oxygens (including phenoxy) is 1. The molecule has 1 aliphatic carbocycles. The monoisotopic (exact) mass is 523 g/mol. The van der Waals surface area contributed by atoms with Crippen molar-refractivity contribution < 1.29 is 22.6 Å². The zero-order valence-corrected chi connectivity index (χ0v) is 21.0. The highest BCUT2D eigenvalue weighted by atomic mass is 32.2. The van der Waals surface area contributed by atoms with Crippen LogP contribution in [0.4, 0.5) is 23.0 Å².